The number of aliphatic hydroxyl groups excluding tert-OH is 1. The van der Waals surface area contributed by atoms with E-state index in [1.165, 1.54) is 24.0 Å². The van der Waals surface area contributed by atoms with Crippen LogP contribution >= 0.6 is 0 Å². The molecule has 0 aromatic heterocycles. The van der Waals surface area contributed by atoms with Crippen molar-refractivity contribution < 1.29 is 29.2 Å². The van der Waals surface area contributed by atoms with E-state index in [1.807, 2.05) is 11.8 Å². The fourth-order valence-electron chi connectivity index (χ4n) is 5.08. The number of nitro benzene ring substituents is 1. The second-order valence-electron chi connectivity index (χ2n) is 8.96. The second-order valence-corrected chi connectivity index (χ2v) is 8.96. The first-order valence-corrected chi connectivity index (χ1v) is 11.0. The molecule has 1 N–H and O–H groups in total. The summed E-state index contributed by atoms with van der Waals surface area (Å²) in [6.07, 6.45) is -0.191. The lowest BCUT2D eigenvalue weighted by Gasteiger charge is -2.46. The van der Waals surface area contributed by atoms with E-state index in [0.29, 0.717) is 31.6 Å². The minimum Gasteiger partial charge on any atom is -0.393 e. The van der Waals surface area contributed by atoms with Gasteiger partial charge in [-0.25, -0.2) is 9.59 Å². The molecule has 11 heteroatoms. The fraction of sp³-hybridized carbons (Fsp3) is 0.478. The topological polar surface area (TPSA) is 154 Å². The Bertz CT molecular complexity index is 1120. The van der Waals surface area contributed by atoms with Gasteiger partial charge in [0.15, 0.2) is 0 Å². The highest BCUT2D eigenvalue weighted by molar-refractivity contribution is 6.06. The van der Waals surface area contributed by atoms with E-state index in [9.17, 15) is 34.9 Å². The van der Waals surface area contributed by atoms with Crippen LogP contribution in [0.3, 0.4) is 0 Å². The van der Waals surface area contributed by atoms with Gasteiger partial charge in [-0.3, -0.25) is 19.8 Å². The lowest BCUT2D eigenvalue weighted by atomic mass is 9.77. The quantitative estimate of drug-likeness (QED) is 0.213. The number of benzene rings is 1. The Morgan fingerprint density at radius 2 is 2.00 bits per heavy atom. The molecule has 11 nitrogen and oxygen atoms in total. The van der Waals surface area contributed by atoms with Gasteiger partial charge in [-0.05, 0) is 37.6 Å². The molecule has 3 aliphatic rings. The van der Waals surface area contributed by atoms with Crippen molar-refractivity contribution in [2.45, 2.75) is 32.4 Å². The lowest BCUT2D eigenvalue weighted by molar-refractivity contribution is -0.384. The zero-order valence-corrected chi connectivity index (χ0v) is 18.7. The minimum absolute atomic E-state index is 0.00457. The number of carbonyl (C=O) groups excluding carboxylic acids is 3. The SMILES string of the molecule is C[C@@H](O)[C@H]1C(=O)N2C(C(=O)OC(=O)c3ccc([N+](=O)[O-])cc3)=C(CN3CC[C@H](C#N)C3)[C@H](C)[C@H]12. The highest BCUT2D eigenvalue weighted by Crippen LogP contribution is 2.47. The molecule has 0 saturated carbocycles. The number of aliphatic hydroxyl groups is 1. The number of nitrogens with zero attached hydrogens (tertiary/aromatic N) is 4. The number of esters is 2. The predicted molar refractivity (Wildman–Crippen MR) is 116 cm³/mol. The highest BCUT2D eigenvalue weighted by atomic mass is 16.6. The zero-order valence-electron chi connectivity index (χ0n) is 18.7. The van der Waals surface area contributed by atoms with E-state index in [1.54, 1.807) is 0 Å². The number of nitro groups is 1. The Morgan fingerprint density at radius 3 is 2.56 bits per heavy atom. The molecule has 2 saturated heterocycles. The number of amides is 1. The predicted octanol–water partition coefficient (Wildman–Crippen LogP) is 1.24. The van der Waals surface area contributed by atoms with Gasteiger partial charge in [0, 0.05) is 31.1 Å². The molecule has 2 fully saturated rings. The van der Waals surface area contributed by atoms with Crippen molar-refractivity contribution in [1.82, 2.24) is 9.80 Å². The number of carbonyl (C=O) groups is 3. The number of nitriles is 1. The van der Waals surface area contributed by atoms with E-state index in [-0.39, 0.29) is 28.8 Å². The van der Waals surface area contributed by atoms with Crippen molar-refractivity contribution in [2.24, 2.45) is 17.8 Å². The van der Waals surface area contributed by atoms with Crippen LogP contribution in [0.1, 0.15) is 30.6 Å². The standard InChI is InChI=1S/C23H24N4O7/c1-12-17(11-25-8-7-14(9-24)10-25)20(26-19(12)18(13(2)28)21(26)29)23(31)34-22(30)15-3-5-16(6-4-15)27(32)33/h3-6,12-14,18-19,28H,7-8,10-11H2,1-2H3/t12-,13+,14+,18+,19+/m0/s1. The number of ether oxygens (including phenoxy) is 1. The molecule has 3 aliphatic heterocycles. The maximum absolute atomic E-state index is 13.1. The molecule has 178 valence electrons. The molecule has 0 unspecified atom stereocenters. The van der Waals surface area contributed by atoms with E-state index < -0.39 is 40.8 Å². The number of β-lactam (4-membered cyclic amide) rings is 1. The first-order valence-electron chi connectivity index (χ1n) is 11.0. The molecule has 1 aromatic rings. The molecule has 5 atom stereocenters. The lowest BCUT2D eigenvalue weighted by Crippen LogP contribution is -2.63. The third-order valence-corrected chi connectivity index (χ3v) is 6.86. The molecule has 0 spiro atoms. The summed E-state index contributed by atoms with van der Waals surface area (Å²) in [6.45, 7) is 4.93. The normalized spacial score (nSPS) is 27.1. The van der Waals surface area contributed by atoms with Crippen LogP contribution in [-0.2, 0) is 14.3 Å². The van der Waals surface area contributed by atoms with Crippen LogP contribution < -0.4 is 0 Å². The van der Waals surface area contributed by atoms with Gasteiger partial charge < -0.3 is 14.7 Å². The number of non-ortho nitro benzene ring substituents is 1. The summed E-state index contributed by atoms with van der Waals surface area (Å²) < 4.78 is 5.07. The van der Waals surface area contributed by atoms with Crippen LogP contribution in [0, 0.1) is 39.2 Å². The first-order chi connectivity index (χ1) is 16.1. The average Bonchev–Trinajstić information content (AvgIpc) is 3.35. The van der Waals surface area contributed by atoms with Crippen molar-refractivity contribution >= 4 is 23.5 Å². The third-order valence-electron chi connectivity index (χ3n) is 6.86. The van der Waals surface area contributed by atoms with E-state index in [0.717, 1.165) is 12.1 Å². The average molecular weight is 468 g/mol. The van der Waals surface area contributed by atoms with Gasteiger partial charge in [0.1, 0.15) is 5.70 Å². The van der Waals surface area contributed by atoms with Crippen LogP contribution in [-0.4, -0.2) is 69.5 Å². The van der Waals surface area contributed by atoms with Crippen LogP contribution in [0.15, 0.2) is 35.5 Å². The van der Waals surface area contributed by atoms with Crippen molar-refractivity contribution in [2.75, 3.05) is 19.6 Å². The minimum atomic E-state index is -0.992. The second kappa shape index (κ2) is 8.96. The maximum Gasteiger partial charge on any atom is 0.362 e. The molecule has 0 aliphatic carbocycles. The van der Waals surface area contributed by atoms with Gasteiger partial charge >= 0.3 is 11.9 Å². The van der Waals surface area contributed by atoms with Gasteiger partial charge in [-0.1, -0.05) is 6.92 Å². The molecule has 1 amide bonds. The molecule has 1 aromatic carbocycles. The molecular formula is C23H24N4O7. The number of fused-ring (bicyclic) bond motifs is 1. The molecule has 34 heavy (non-hydrogen) atoms. The number of hydrogen-bond donors (Lipinski definition) is 1. The van der Waals surface area contributed by atoms with Crippen molar-refractivity contribution in [3.8, 4) is 6.07 Å². The zero-order chi connectivity index (χ0) is 24.7. The van der Waals surface area contributed by atoms with E-state index >= 15 is 0 Å². The Kier molecular flexibility index (Phi) is 6.20. The van der Waals surface area contributed by atoms with E-state index in [4.69, 9.17) is 4.74 Å². The summed E-state index contributed by atoms with van der Waals surface area (Å²) in [5, 5.41) is 30.1. The Hall–Kier alpha value is -3.62. The Labute approximate surface area is 195 Å². The van der Waals surface area contributed by atoms with Crippen LogP contribution in [0.25, 0.3) is 0 Å². The summed E-state index contributed by atoms with van der Waals surface area (Å²) in [6, 6.07) is 6.46. The molecule has 0 bridgehead atoms. The summed E-state index contributed by atoms with van der Waals surface area (Å²) in [5.41, 5.74) is 0.366. The van der Waals surface area contributed by atoms with Crippen LogP contribution in [0.2, 0.25) is 0 Å². The van der Waals surface area contributed by atoms with Crippen LogP contribution in [0.4, 0.5) is 5.69 Å². The first kappa shape index (κ1) is 23.5. The third kappa shape index (κ3) is 3.95. The smallest absolute Gasteiger partial charge is 0.362 e. The Balaban J connectivity index is 1.59. The molecular weight excluding hydrogens is 444 g/mol. The van der Waals surface area contributed by atoms with Gasteiger partial charge in [-0.15, -0.1) is 0 Å². The number of likely N-dealkylation sites (tertiary alicyclic amines) is 1. The monoisotopic (exact) mass is 468 g/mol. The molecule has 4 rings (SSSR count). The number of rotatable bonds is 6. The Morgan fingerprint density at radius 1 is 1.32 bits per heavy atom. The van der Waals surface area contributed by atoms with Gasteiger partial charge in [-0.2, -0.15) is 5.26 Å². The van der Waals surface area contributed by atoms with Gasteiger partial charge in [0.2, 0.25) is 5.91 Å². The largest absolute Gasteiger partial charge is 0.393 e. The summed E-state index contributed by atoms with van der Waals surface area (Å²) in [4.78, 5) is 52.0. The molecule has 3 heterocycles. The van der Waals surface area contributed by atoms with Gasteiger partial charge in [0.05, 0.1) is 40.5 Å². The van der Waals surface area contributed by atoms with E-state index in [2.05, 4.69) is 6.07 Å². The van der Waals surface area contributed by atoms with Crippen LogP contribution in [0.5, 0.6) is 0 Å². The van der Waals surface area contributed by atoms with Gasteiger partial charge in [0.25, 0.3) is 5.69 Å². The summed E-state index contributed by atoms with van der Waals surface area (Å²) in [7, 11) is 0. The highest BCUT2D eigenvalue weighted by Gasteiger charge is 2.60. The van der Waals surface area contributed by atoms with Crippen molar-refractivity contribution in [1.29, 1.82) is 5.26 Å². The molecule has 0 radical (unpaired) electrons. The summed E-state index contributed by atoms with van der Waals surface area (Å²) in [5.74, 6) is -3.41. The van der Waals surface area contributed by atoms with Crippen molar-refractivity contribution in [3.63, 3.8) is 0 Å². The summed E-state index contributed by atoms with van der Waals surface area (Å²) >= 11 is 0. The fourth-order valence-corrected chi connectivity index (χ4v) is 5.08. The number of hydrogen-bond acceptors (Lipinski definition) is 9. The maximum atomic E-state index is 13.1. The van der Waals surface area contributed by atoms with Crippen molar-refractivity contribution in [3.05, 3.63) is 51.2 Å².